The second-order valence-electron chi connectivity index (χ2n) is 16.4. The molecule has 0 spiro atoms. The van der Waals surface area contributed by atoms with E-state index in [4.69, 9.17) is 15.6 Å². The number of hydrogen-bond acceptors (Lipinski definition) is 15. The van der Waals surface area contributed by atoms with E-state index in [-0.39, 0.29) is 41.1 Å². The molecular weight excluding hydrogens is 987 g/mol. The number of amides is 1. The molecule has 1 amide bonds. The molecule has 0 saturated carbocycles. The van der Waals surface area contributed by atoms with Crippen LogP contribution in [0.3, 0.4) is 0 Å². The number of nitrogens with one attached hydrogen (secondary N) is 2. The highest BCUT2D eigenvalue weighted by molar-refractivity contribution is 9.10. The third kappa shape index (κ3) is 9.03. The number of hydrogen-bond donors (Lipinski definition) is 5. The molecule has 68 heavy (non-hydrogen) atoms. The first-order chi connectivity index (χ1) is 32.3. The number of rotatable bonds is 14. The number of sulfonamides is 1. The maximum atomic E-state index is 14.0. The molecule has 350 valence electrons. The lowest BCUT2D eigenvalue weighted by molar-refractivity contribution is -0.140. The largest absolute Gasteiger partial charge is 0.744 e. The summed E-state index contributed by atoms with van der Waals surface area (Å²) in [5.41, 5.74) is 10.5. The van der Waals surface area contributed by atoms with Gasteiger partial charge in [-0.05, 0) is 79.9 Å². The van der Waals surface area contributed by atoms with E-state index < -0.39 is 66.2 Å². The average molecular weight is 1030 g/mol. The number of fused-ring (bicyclic) bond motifs is 4. The van der Waals surface area contributed by atoms with E-state index in [1.165, 1.54) is 30.5 Å². The minimum atomic E-state index is -5.31. The Morgan fingerprint density at radius 2 is 1.69 bits per heavy atom. The fraction of sp³-hybridized carbons (Fsp3) is 0.244. The molecule has 3 aliphatic rings. The lowest BCUT2D eigenvalue weighted by Crippen LogP contribution is -2.45. The Balaban J connectivity index is 0.981. The van der Waals surface area contributed by atoms with Crippen molar-refractivity contribution in [1.29, 1.82) is 0 Å². The number of benzene rings is 4. The quantitative estimate of drug-likeness (QED) is 0.0773. The molecule has 3 aliphatic heterocycles. The maximum absolute atomic E-state index is 14.0. The SMILES string of the molecule is CN(Cc1cnc2nc(NS(=O)(=O)c3ccc(C4=c5cc6c7c(c5Oc5cc(Br)ccc54)CCC[N+]=7CCC6)c(S(=O)(=O)[O-])c3)nc(N)c2n1)c1ccc(C(=O)N[C@@H](CCC(=O)O)C(=O)O)cc1. The number of carboxylic acid groups (broad SMARTS) is 2. The Morgan fingerprint density at radius 3 is 2.41 bits per heavy atom. The molecule has 0 fully saturated rings. The van der Waals surface area contributed by atoms with Crippen LogP contribution < -0.4 is 40.6 Å². The molecule has 0 unspecified atom stereocenters. The number of aromatic nitrogens is 4. The molecule has 0 aliphatic carbocycles. The van der Waals surface area contributed by atoms with Crippen LogP contribution in [0.1, 0.15) is 64.0 Å². The zero-order chi connectivity index (χ0) is 48.2. The van der Waals surface area contributed by atoms with Crippen molar-refractivity contribution in [3.05, 3.63) is 121 Å². The Hall–Kier alpha value is -7.08. The van der Waals surface area contributed by atoms with Gasteiger partial charge >= 0.3 is 11.9 Å². The van der Waals surface area contributed by atoms with Crippen LogP contribution in [-0.2, 0) is 49.1 Å². The Kier molecular flexibility index (Phi) is 12.1. The van der Waals surface area contributed by atoms with Crippen LogP contribution in [0.4, 0.5) is 17.5 Å². The van der Waals surface area contributed by atoms with Crippen LogP contribution in [0.25, 0.3) is 16.7 Å². The molecule has 0 saturated heterocycles. The zero-order valence-corrected chi connectivity index (χ0v) is 39.1. The summed E-state index contributed by atoms with van der Waals surface area (Å²) in [6, 6.07) is 15.4. The lowest BCUT2D eigenvalue weighted by Gasteiger charge is -2.27. The molecule has 4 aromatic carbocycles. The van der Waals surface area contributed by atoms with E-state index in [1.54, 1.807) is 42.3 Å². The summed E-state index contributed by atoms with van der Waals surface area (Å²) in [7, 11) is -8.24. The fourth-order valence-electron chi connectivity index (χ4n) is 8.78. The minimum Gasteiger partial charge on any atom is -0.744 e. The van der Waals surface area contributed by atoms with Gasteiger partial charge in [-0.2, -0.15) is 9.97 Å². The van der Waals surface area contributed by atoms with Gasteiger partial charge in [-0.15, -0.1) is 0 Å². The van der Waals surface area contributed by atoms with E-state index in [9.17, 15) is 40.9 Å². The van der Waals surface area contributed by atoms with Gasteiger partial charge < -0.3 is 35.5 Å². The number of aliphatic carboxylic acids is 2. The van der Waals surface area contributed by atoms with Crippen molar-refractivity contribution in [3.8, 4) is 11.5 Å². The second-order valence-corrected chi connectivity index (χ2v) is 20.4. The summed E-state index contributed by atoms with van der Waals surface area (Å²) in [4.78, 5) is 52.7. The normalized spacial score (nSPS) is 14.5. The monoisotopic (exact) mass is 1030 g/mol. The molecule has 20 nitrogen and oxygen atoms in total. The zero-order valence-electron chi connectivity index (χ0n) is 35.9. The number of aryl methyl sites for hydroxylation is 1. The summed E-state index contributed by atoms with van der Waals surface area (Å²) in [6.07, 6.45) is 4.05. The third-order valence-corrected chi connectivity index (χ3v) is 14.6. The fourth-order valence-corrected chi connectivity index (χ4v) is 10.9. The van der Waals surface area contributed by atoms with Crippen LogP contribution in [0.5, 0.6) is 11.5 Å². The number of anilines is 3. The molecule has 6 aromatic rings. The first-order valence-corrected chi connectivity index (χ1v) is 24.8. The third-order valence-electron chi connectivity index (χ3n) is 11.9. The van der Waals surface area contributed by atoms with Crippen LogP contribution in [0, 0.1) is 0 Å². The number of ether oxygens (including phenoxy) is 1. The van der Waals surface area contributed by atoms with Gasteiger partial charge in [0, 0.05) is 69.5 Å². The topological polar surface area (TPSA) is 300 Å². The number of carbonyl (C=O) groups is 3. The van der Waals surface area contributed by atoms with Crippen LogP contribution >= 0.6 is 15.9 Å². The van der Waals surface area contributed by atoms with Crippen LogP contribution in [-0.4, -0.2) is 95.6 Å². The summed E-state index contributed by atoms with van der Waals surface area (Å²) < 4.78 is 79.3. The maximum Gasteiger partial charge on any atom is 0.326 e. The van der Waals surface area contributed by atoms with Crippen molar-refractivity contribution in [3.63, 3.8) is 0 Å². The number of carbonyl (C=O) groups excluding carboxylic acids is 1. The van der Waals surface area contributed by atoms with Crippen LogP contribution in [0.15, 0.2) is 87.2 Å². The van der Waals surface area contributed by atoms with Crippen molar-refractivity contribution in [2.45, 2.75) is 60.9 Å². The smallest absolute Gasteiger partial charge is 0.326 e. The van der Waals surface area contributed by atoms with Gasteiger partial charge in [-0.3, -0.25) is 9.59 Å². The second kappa shape index (κ2) is 17.9. The molecule has 1 atom stereocenters. The molecule has 6 N–H and O–H groups in total. The highest BCUT2D eigenvalue weighted by Crippen LogP contribution is 2.41. The highest BCUT2D eigenvalue weighted by atomic mass is 79.9. The molecule has 2 aromatic heterocycles. The average Bonchev–Trinajstić information content (AvgIpc) is 3.29. The summed E-state index contributed by atoms with van der Waals surface area (Å²) in [5.74, 6) is -2.96. The van der Waals surface area contributed by atoms with Crippen LogP contribution in [0.2, 0.25) is 0 Å². The first-order valence-electron chi connectivity index (χ1n) is 21.1. The van der Waals surface area contributed by atoms with Crippen molar-refractivity contribution in [2.24, 2.45) is 0 Å². The van der Waals surface area contributed by atoms with Crippen molar-refractivity contribution in [1.82, 2.24) is 29.8 Å². The Bertz CT molecular complexity index is 3500. The number of nitrogen functional groups attached to an aromatic ring is 1. The number of nitrogens with two attached hydrogens (primary N) is 1. The minimum absolute atomic E-state index is 0.00688. The van der Waals surface area contributed by atoms with Gasteiger partial charge in [0.15, 0.2) is 17.0 Å². The van der Waals surface area contributed by atoms with E-state index in [0.29, 0.717) is 43.7 Å². The highest BCUT2D eigenvalue weighted by Gasteiger charge is 2.33. The van der Waals surface area contributed by atoms with E-state index >= 15 is 0 Å². The molecule has 0 bridgehead atoms. The molecule has 0 radical (unpaired) electrons. The van der Waals surface area contributed by atoms with Gasteiger partial charge in [0.1, 0.15) is 40.7 Å². The summed E-state index contributed by atoms with van der Waals surface area (Å²) in [5, 5.41) is 22.3. The predicted octanol–water partition coefficient (Wildman–Crippen LogP) is 2.89. The summed E-state index contributed by atoms with van der Waals surface area (Å²) >= 11 is 3.51. The number of carboxylic acids is 2. The van der Waals surface area contributed by atoms with Gasteiger partial charge in [-0.25, -0.2) is 40.9 Å². The lowest BCUT2D eigenvalue weighted by atomic mass is 9.87. The molecule has 5 heterocycles. The Labute approximate surface area is 396 Å². The van der Waals surface area contributed by atoms with E-state index in [1.807, 2.05) is 6.07 Å². The van der Waals surface area contributed by atoms with E-state index in [2.05, 4.69) is 50.5 Å². The van der Waals surface area contributed by atoms with E-state index in [0.717, 1.165) is 61.3 Å². The van der Waals surface area contributed by atoms with Crippen molar-refractivity contribution in [2.75, 3.05) is 35.5 Å². The van der Waals surface area contributed by atoms with Gasteiger partial charge in [0.05, 0.1) is 33.8 Å². The standard InChI is InChI=1S/C45H40BrN9O11S2/c1-54(27-9-6-23(7-10-27)43(58)50-33(44(59)60)14-15-36(56)57)22-26-21-48-42-38(49-26)41(47)51-45(52-42)53-67(61,62)28-11-13-30(35(20-28)68(63,64)65)37-29-12-8-25(46)19-34(29)66-40-31-5-3-17-55-16-2-4-24(39(31)55)18-32(37)40/h6-13,18-21,33H,2-5,14-17,22H2,1H3,(H6-,47,48,50,51,52,53,56,57,58,59,60,63,64,65)/t33-/m0/s1. The van der Waals surface area contributed by atoms with Gasteiger partial charge in [0.25, 0.3) is 15.9 Å². The number of halogens is 1. The van der Waals surface area contributed by atoms with Gasteiger partial charge in [0.2, 0.25) is 11.3 Å². The summed E-state index contributed by atoms with van der Waals surface area (Å²) in [6.45, 7) is 2.00. The number of nitrogens with zero attached hydrogens (tertiary/aromatic N) is 6. The molecule has 23 heteroatoms. The van der Waals surface area contributed by atoms with Gasteiger partial charge in [-0.1, -0.05) is 22.0 Å². The molecule has 9 rings (SSSR count). The predicted molar refractivity (Wildman–Crippen MR) is 248 cm³/mol. The molecular formula is C45H40BrN9O11S2. The van der Waals surface area contributed by atoms with Crippen molar-refractivity contribution >= 4 is 88.1 Å². The Morgan fingerprint density at radius 1 is 0.956 bits per heavy atom. The first kappa shape index (κ1) is 46.0. The van der Waals surface area contributed by atoms with Crippen molar-refractivity contribution < 1.29 is 50.7 Å².